The number of rotatable bonds is 3. The topological polar surface area (TPSA) is 53.8 Å². The number of hydrogen-bond acceptors (Lipinski definition) is 3. The van der Waals surface area contributed by atoms with Crippen molar-refractivity contribution in [3.63, 3.8) is 0 Å². The Morgan fingerprint density at radius 1 is 1.90 bits per heavy atom. The third-order valence-electron chi connectivity index (χ3n) is 1.92. The van der Waals surface area contributed by atoms with Crippen molar-refractivity contribution in [2.45, 2.75) is 18.6 Å². The minimum Gasteiger partial charge on any atom is -0.634 e. The van der Waals surface area contributed by atoms with Crippen LogP contribution in [0.3, 0.4) is 0 Å². The molecule has 58 valence electrons. The molecule has 0 radical (unpaired) electrons. The largest absolute Gasteiger partial charge is 0.634 e. The summed E-state index contributed by atoms with van der Waals surface area (Å²) in [4.78, 5) is 10.0. The molecule has 1 aliphatic rings. The quantitative estimate of drug-likeness (QED) is 0.382. The Morgan fingerprint density at radius 3 is 3.00 bits per heavy atom. The molecule has 1 aliphatic heterocycles. The van der Waals surface area contributed by atoms with Gasteiger partial charge in [-0.25, -0.2) is 0 Å². The van der Waals surface area contributed by atoms with Gasteiger partial charge in [0.1, 0.15) is 18.9 Å². The third kappa shape index (κ3) is 1.18. The highest BCUT2D eigenvalue weighted by atomic mass is 16.5. The van der Waals surface area contributed by atoms with Gasteiger partial charge in [0, 0.05) is 7.11 Å². The predicted molar refractivity (Wildman–Crippen MR) is 34.5 cm³/mol. The van der Waals surface area contributed by atoms with E-state index in [0.717, 1.165) is 6.29 Å². The van der Waals surface area contributed by atoms with Gasteiger partial charge in [-0.2, -0.15) is 0 Å². The highest BCUT2D eigenvalue weighted by Crippen LogP contribution is 2.03. The average molecular weight is 145 g/mol. The smallest absolute Gasteiger partial charge is 0.158 e. The normalized spacial score (nSPS) is 38.8. The molecular formula is C6H11NO3. The molecular weight excluding hydrogens is 134 g/mol. The minimum atomic E-state index is -0.150. The van der Waals surface area contributed by atoms with E-state index in [1.54, 1.807) is 7.11 Å². The Morgan fingerprint density at radius 2 is 2.60 bits per heavy atom. The zero-order chi connectivity index (χ0) is 7.56. The summed E-state index contributed by atoms with van der Waals surface area (Å²) in [7, 11) is 1.56. The molecule has 10 heavy (non-hydrogen) atoms. The number of ether oxygens (including phenoxy) is 1. The van der Waals surface area contributed by atoms with Gasteiger partial charge >= 0.3 is 0 Å². The van der Waals surface area contributed by atoms with Crippen molar-refractivity contribution < 1.29 is 14.6 Å². The van der Waals surface area contributed by atoms with Gasteiger partial charge in [0.25, 0.3) is 0 Å². The van der Waals surface area contributed by atoms with Crippen LogP contribution in [0.5, 0.6) is 0 Å². The molecule has 0 aromatic heterocycles. The molecule has 0 aliphatic carbocycles. The molecule has 1 fully saturated rings. The van der Waals surface area contributed by atoms with Crippen molar-refractivity contribution in [3.8, 4) is 0 Å². The van der Waals surface area contributed by atoms with E-state index in [0.29, 0.717) is 13.0 Å². The molecule has 1 heterocycles. The van der Waals surface area contributed by atoms with Crippen LogP contribution < -0.4 is 5.06 Å². The van der Waals surface area contributed by atoms with Gasteiger partial charge < -0.3 is 19.8 Å². The zero-order valence-corrected chi connectivity index (χ0v) is 5.87. The van der Waals surface area contributed by atoms with E-state index in [1.165, 1.54) is 0 Å². The van der Waals surface area contributed by atoms with E-state index in [-0.39, 0.29) is 17.2 Å². The van der Waals surface area contributed by atoms with E-state index in [1.807, 2.05) is 0 Å². The van der Waals surface area contributed by atoms with Crippen LogP contribution in [0.2, 0.25) is 0 Å². The SMILES string of the molecule is COC1C[NH+]([O-])C1CC=O. The molecule has 0 amide bonds. The molecule has 1 saturated heterocycles. The summed E-state index contributed by atoms with van der Waals surface area (Å²) in [5.74, 6) is 0. The lowest BCUT2D eigenvalue weighted by atomic mass is 10.00. The molecule has 0 aromatic rings. The second kappa shape index (κ2) is 3.09. The molecule has 0 spiro atoms. The first-order valence-corrected chi connectivity index (χ1v) is 3.28. The Hall–Kier alpha value is -0.450. The highest BCUT2D eigenvalue weighted by molar-refractivity contribution is 5.50. The van der Waals surface area contributed by atoms with Gasteiger partial charge in [-0.05, 0) is 0 Å². The highest BCUT2D eigenvalue weighted by Gasteiger charge is 2.38. The monoisotopic (exact) mass is 145 g/mol. The second-order valence-electron chi connectivity index (χ2n) is 2.45. The summed E-state index contributed by atoms with van der Waals surface area (Å²) >= 11 is 0. The van der Waals surface area contributed by atoms with Crippen LogP contribution in [0.25, 0.3) is 0 Å². The summed E-state index contributed by atoms with van der Waals surface area (Å²) in [6.07, 6.45) is 1.09. The van der Waals surface area contributed by atoms with Crippen LogP contribution in [0.15, 0.2) is 0 Å². The van der Waals surface area contributed by atoms with Crippen LogP contribution in [0.1, 0.15) is 6.42 Å². The van der Waals surface area contributed by atoms with Gasteiger partial charge in [0.15, 0.2) is 6.10 Å². The first kappa shape index (κ1) is 7.65. The lowest BCUT2D eigenvalue weighted by molar-refractivity contribution is -0.930. The number of quaternary nitrogens is 1. The van der Waals surface area contributed by atoms with Crippen molar-refractivity contribution in [1.29, 1.82) is 0 Å². The predicted octanol–water partition coefficient (Wildman–Crippen LogP) is -1.64. The van der Waals surface area contributed by atoms with Crippen LogP contribution in [0, 0.1) is 5.21 Å². The van der Waals surface area contributed by atoms with Crippen LogP contribution in [-0.2, 0) is 9.53 Å². The molecule has 0 saturated carbocycles. The Kier molecular flexibility index (Phi) is 2.37. The standard InChI is InChI=1S/C6H11NO3/c1-10-6-4-7(9)5(6)2-3-8/h3,5-7H,2,4H2,1H3. The Bertz CT molecular complexity index is 128. The number of hydroxylamine groups is 2. The zero-order valence-electron chi connectivity index (χ0n) is 5.87. The molecule has 4 nitrogen and oxygen atoms in total. The summed E-state index contributed by atoms with van der Waals surface area (Å²) in [6, 6.07) is -0.150. The lowest BCUT2D eigenvalue weighted by Crippen LogP contribution is -3.22. The van der Waals surface area contributed by atoms with E-state index in [9.17, 15) is 10.0 Å². The first-order chi connectivity index (χ1) is 4.79. The third-order valence-corrected chi connectivity index (χ3v) is 1.92. The fourth-order valence-electron chi connectivity index (χ4n) is 1.17. The van der Waals surface area contributed by atoms with E-state index in [4.69, 9.17) is 4.74 Å². The van der Waals surface area contributed by atoms with Crippen LogP contribution in [0.4, 0.5) is 0 Å². The maximum atomic E-state index is 10.8. The van der Waals surface area contributed by atoms with Gasteiger partial charge in [-0.1, -0.05) is 0 Å². The lowest BCUT2D eigenvalue weighted by Gasteiger charge is -2.45. The number of carbonyl (C=O) groups is 1. The summed E-state index contributed by atoms with van der Waals surface area (Å²) in [5.41, 5.74) is 0. The molecule has 4 heteroatoms. The van der Waals surface area contributed by atoms with Crippen LogP contribution >= 0.6 is 0 Å². The summed E-state index contributed by atoms with van der Waals surface area (Å²) < 4.78 is 4.94. The molecule has 3 atom stereocenters. The fourth-order valence-corrected chi connectivity index (χ4v) is 1.17. The van der Waals surface area contributed by atoms with E-state index < -0.39 is 0 Å². The number of methoxy groups -OCH3 is 1. The Labute approximate surface area is 59.3 Å². The van der Waals surface area contributed by atoms with Crippen molar-refractivity contribution in [2.24, 2.45) is 0 Å². The average Bonchev–Trinajstić information content (AvgIpc) is 1.95. The number of aldehydes is 1. The molecule has 0 aromatic carbocycles. The Balaban J connectivity index is 2.32. The maximum absolute atomic E-state index is 10.8. The van der Waals surface area contributed by atoms with Gasteiger partial charge in [-0.15, -0.1) is 0 Å². The number of carbonyl (C=O) groups excluding carboxylic acids is 1. The second-order valence-corrected chi connectivity index (χ2v) is 2.45. The fraction of sp³-hybridized carbons (Fsp3) is 0.833. The summed E-state index contributed by atoms with van der Waals surface area (Å²) in [5, 5.41) is 10.9. The van der Waals surface area contributed by atoms with Gasteiger partial charge in [-0.3, -0.25) is 0 Å². The van der Waals surface area contributed by atoms with Crippen molar-refractivity contribution in [2.75, 3.05) is 13.7 Å². The number of hydrogen-bond donors (Lipinski definition) is 1. The maximum Gasteiger partial charge on any atom is 0.158 e. The van der Waals surface area contributed by atoms with E-state index in [2.05, 4.69) is 0 Å². The first-order valence-electron chi connectivity index (χ1n) is 3.28. The number of nitrogens with one attached hydrogen (secondary N) is 1. The van der Waals surface area contributed by atoms with E-state index >= 15 is 0 Å². The van der Waals surface area contributed by atoms with Crippen molar-refractivity contribution in [1.82, 2.24) is 0 Å². The molecule has 0 bridgehead atoms. The van der Waals surface area contributed by atoms with Crippen LogP contribution in [-0.4, -0.2) is 32.1 Å². The van der Waals surface area contributed by atoms with Gasteiger partial charge in [0.05, 0.1) is 6.42 Å². The molecule has 1 rings (SSSR count). The minimum absolute atomic E-state index is 0.00213. The van der Waals surface area contributed by atoms with Crippen molar-refractivity contribution >= 4 is 6.29 Å². The molecule has 1 N–H and O–H groups in total. The van der Waals surface area contributed by atoms with Gasteiger partial charge in [0.2, 0.25) is 0 Å². The summed E-state index contributed by atoms with van der Waals surface area (Å²) in [6.45, 7) is 0.481. The molecule has 3 unspecified atom stereocenters. The van der Waals surface area contributed by atoms with Crippen molar-refractivity contribution in [3.05, 3.63) is 5.21 Å².